The molecule has 1 aliphatic carbocycles. The fourth-order valence-corrected chi connectivity index (χ4v) is 3.30. The maximum Gasteiger partial charge on any atom is 0.129 e. The highest BCUT2D eigenvalue weighted by molar-refractivity contribution is 5.19. The lowest BCUT2D eigenvalue weighted by molar-refractivity contribution is 0.297. The van der Waals surface area contributed by atoms with Gasteiger partial charge in [-0.25, -0.2) is 8.78 Å². The molecule has 1 aromatic rings. The van der Waals surface area contributed by atoms with Crippen molar-refractivity contribution in [2.24, 2.45) is 11.8 Å². The van der Waals surface area contributed by atoms with Gasteiger partial charge in [-0.3, -0.25) is 0 Å². The van der Waals surface area contributed by atoms with E-state index in [-0.39, 0.29) is 0 Å². The summed E-state index contributed by atoms with van der Waals surface area (Å²) in [7, 11) is 0. The Kier molecular flexibility index (Phi) is 5.96. The van der Waals surface area contributed by atoms with Gasteiger partial charge in [0.15, 0.2) is 0 Å². The number of rotatable bonds is 5. The molecule has 1 aliphatic rings. The molecule has 1 N–H and O–H groups in total. The van der Waals surface area contributed by atoms with Crippen LogP contribution in [0, 0.1) is 23.5 Å². The minimum atomic E-state index is -0.490. The highest BCUT2D eigenvalue weighted by atomic mass is 19.1. The quantitative estimate of drug-likeness (QED) is 0.793. The second-order valence-corrected chi connectivity index (χ2v) is 5.91. The van der Waals surface area contributed by atoms with E-state index in [0.29, 0.717) is 17.4 Å². The zero-order valence-corrected chi connectivity index (χ0v) is 12.3. The van der Waals surface area contributed by atoms with E-state index in [0.717, 1.165) is 32.0 Å². The molecule has 1 saturated carbocycles. The van der Waals surface area contributed by atoms with E-state index in [1.807, 2.05) is 0 Å². The molecule has 1 fully saturated rings. The molecule has 20 heavy (non-hydrogen) atoms. The third-order valence-corrected chi connectivity index (χ3v) is 4.47. The van der Waals surface area contributed by atoms with Crippen molar-refractivity contribution in [3.8, 4) is 0 Å². The van der Waals surface area contributed by atoms with Crippen molar-refractivity contribution >= 4 is 0 Å². The number of halogens is 2. The lowest BCUT2D eigenvalue weighted by Gasteiger charge is -2.25. The van der Waals surface area contributed by atoms with Gasteiger partial charge in [-0.15, -0.1) is 0 Å². The van der Waals surface area contributed by atoms with Crippen LogP contribution in [0.15, 0.2) is 18.2 Å². The van der Waals surface area contributed by atoms with E-state index in [1.165, 1.54) is 31.7 Å². The molecule has 2 atom stereocenters. The fraction of sp³-hybridized carbons (Fsp3) is 0.647. The Bertz CT molecular complexity index is 419. The average molecular weight is 281 g/mol. The van der Waals surface area contributed by atoms with Gasteiger partial charge in [-0.2, -0.15) is 0 Å². The molecule has 1 aromatic carbocycles. The van der Waals surface area contributed by atoms with Gasteiger partial charge < -0.3 is 5.32 Å². The second kappa shape index (κ2) is 7.72. The van der Waals surface area contributed by atoms with E-state index < -0.39 is 11.6 Å². The van der Waals surface area contributed by atoms with Crippen LogP contribution in [0.1, 0.15) is 44.6 Å². The molecular formula is C17H25F2N. The van der Waals surface area contributed by atoms with Crippen LogP contribution in [0.3, 0.4) is 0 Å². The molecule has 0 aromatic heterocycles. The highest BCUT2D eigenvalue weighted by Gasteiger charge is 2.24. The minimum absolute atomic E-state index is 0.392. The first kappa shape index (κ1) is 15.4. The van der Waals surface area contributed by atoms with Crippen molar-refractivity contribution < 1.29 is 8.78 Å². The predicted molar refractivity (Wildman–Crippen MR) is 78.7 cm³/mol. The molecule has 0 spiro atoms. The zero-order chi connectivity index (χ0) is 14.4. The van der Waals surface area contributed by atoms with Crippen LogP contribution in [-0.2, 0) is 6.42 Å². The van der Waals surface area contributed by atoms with Crippen LogP contribution in [0.2, 0.25) is 0 Å². The summed E-state index contributed by atoms with van der Waals surface area (Å²) in [4.78, 5) is 0. The van der Waals surface area contributed by atoms with Gasteiger partial charge in [0.2, 0.25) is 0 Å². The summed E-state index contributed by atoms with van der Waals surface area (Å²) in [5, 5.41) is 3.43. The SMILES string of the molecule is CCNCC1CCCCCC1Cc1ccc(F)cc1F. The van der Waals surface area contributed by atoms with Crippen LogP contribution in [-0.4, -0.2) is 13.1 Å². The minimum Gasteiger partial charge on any atom is -0.317 e. The standard InChI is InChI=1S/C17H25F2N/c1-2-20-12-15-7-5-3-4-6-13(15)10-14-8-9-16(18)11-17(14)19/h8-9,11,13,15,20H,2-7,10,12H2,1H3. The fourth-order valence-electron chi connectivity index (χ4n) is 3.30. The van der Waals surface area contributed by atoms with Crippen molar-refractivity contribution in [3.63, 3.8) is 0 Å². The number of hydrogen-bond acceptors (Lipinski definition) is 1. The van der Waals surface area contributed by atoms with E-state index in [2.05, 4.69) is 12.2 Å². The molecule has 1 nitrogen and oxygen atoms in total. The Hall–Kier alpha value is -0.960. The molecule has 0 bridgehead atoms. The summed E-state index contributed by atoms with van der Waals surface area (Å²) in [6, 6.07) is 3.99. The smallest absolute Gasteiger partial charge is 0.129 e. The van der Waals surface area contributed by atoms with Gasteiger partial charge >= 0.3 is 0 Å². The predicted octanol–water partition coefficient (Wildman–Crippen LogP) is 4.31. The monoisotopic (exact) mass is 281 g/mol. The molecule has 0 aliphatic heterocycles. The summed E-state index contributed by atoms with van der Waals surface area (Å²) >= 11 is 0. The van der Waals surface area contributed by atoms with Crippen molar-refractivity contribution in [2.75, 3.05) is 13.1 Å². The first-order valence-electron chi connectivity index (χ1n) is 7.85. The Morgan fingerprint density at radius 3 is 2.55 bits per heavy atom. The topological polar surface area (TPSA) is 12.0 Å². The van der Waals surface area contributed by atoms with Crippen LogP contribution in [0.25, 0.3) is 0 Å². The lowest BCUT2D eigenvalue weighted by atomic mass is 9.83. The first-order valence-corrected chi connectivity index (χ1v) is 7.85. The van der Waals surface area contributed by atoms with Gasteiger partial charge in [-0.05, 0) is 55.8 Å². The van der Waals surface area contributed by atoms with Crippen LogP contribution < -0.4 is 5.32 Å². The van der Waals surface area contributed by atoms with Crippen molar-refractivity contribution in [1.82, 2.24) is 5.32 Å². The second-order valence-electron chi connectivity index (χ2n) is 5.91. The normalized spacial score (nSPS) is 23.6. The Morgan fingerprint density at radius 1 is 1.10 bits per heavy atom. The third kappa shape index (κ3) is 4.27. The highest BCUT2D eigenvalue weighted by Crippen LogP contribution is 2.31. The van der Waals surface area contributed by atoms with Crippen LogP contribution in [0.5, 0.6) is 0 Å². The number of benzene rings is 1. The summed E-state index contributed by atoms with van der Waals surface area (Å²) in [5.41, 5.74) is 0.666. The largest absolute Gasteiger partial charge is 0.317 e. The van der Waals surface area contributed by atoms with Gasteiger partial charge in [0.25, 0.3) is 0 Å². The molecule has 0 saturated heterocycles. The van der Waals surface area contributed by atoms with E-state index in [4.69, 9.17) is 0 Å². The molecule has 0 amide bonds. The maximum absolute atomic E-state index is 13.8. The average Bonchev–Trinajstić information content (AvgIpc) is 2.65. The summed E-state index contributed by atoms with van der Waals surface area (Å²) in [5.74, 6) is 0.242. The molecule has 2 rings (SSSR count). The maximum atomic E-state index is 13.8. The van der Waals surface area contributed by atoms with Gasteiger partial charge in [0.05, 0.1) is 0 Å². The van der Waals surface area contributed by atoms with Crippen LogP contribution in [0.4, 0.5) is 8.78 Å². The van der Waals surface area contributed by atoms with E-state index >= 15 is 0 Å². The summed E-state index contributed by atoms with van der Waals surface area (Å²) < 4.78 is 26.8. The summed E-state index contributed by atoms with van der Waals surface area (Å²) in [6.07, 6.45) is 6.91. The lowest BCUT2D eigenvalue weighted by Crippen LogP contribution is -2.29. The molecular weight excluding hydrogens is 256 g/mol. The third-order valence-electron chi connectivity index (χ3n) is 4.47. The number of nitrogens with one attached hydrogen (secondary N) is 1. The van der Waals surface area contributed by atoms with E-state index in [9.17, 15) is 8.78 Å². The van der Waals surface area contributed by atoms with Crippen molar-refractivity contribution in [2.45, 2.75) is 45.4 Å². The van der Waals surface area contributed by atoms with Gasteiger partial charge in [0, 0.05) is 6.07 Å². The molecule has 0 heterocycles. The summed E-state index contributed by atoms with van der Waals surface area (Å²) in [6.45, 7) is 4.11. The molecule has 3 heteroatoms. The molecule has 0 radical (unpaired) electrons. The van der Waals surface area contributed by atoms with Crippen molar-refractivity contribution in [1.29, 1.82) is 0 Å². The zero-order valence-electron chi connectivity index (χ0n) is 12.3. The molecule has 112 valence electrons. The van der Waals surface area contributed by atoms with Crippen molar-refractivity contribution in [3.05, 3.63) is 35.4 Å². The molecule has 2 unspecified atom stereocenters. The Labute approximate surface area is 120 Å². The Balaban J connectivity index is 2.06. The van der Waals surface area contributed by atoms with Gasteiger partial charge in [0.1, 0.15) is 11.6 Å². The number of hydrogen-bond donors (Lipinski definition) is 1. The van der Waals surface area contributed by atoms with Crippen LogP contribution >= 0.6 is 0 Å². The Morgan fingerprint density at radius 2 is 1.85 bits per heavy atom. The van der Waals surface area contributed by atoms with E-state index in [1.54, 1.807) is 6.07 Å². The first-order chi connectivity index (χ1) is 9.70. The van der Waals surface area contributed by atoms with Gasteiger partial charge in [-0.1, -0.05) is 32.3 Å².